The van der Waals surface area contributed by atoms with E-state index in [0.29, 0.717) is 16.4 Å². The van der Waals surface area contributed by atoms with Gasteiger partial charge in [-0.15, -0.1) is 11.3 Å². The van der Waals surface area contributed by atoms with E-state index < -0.39 is 18.3 Å². The molecule has 1 aromatic rings. The third kappa shape index (κ3) is 3.83. The number of esters is 1. The number of thiazole rings is 1. The topological polar surface area (TPSA) is 69.7 Å². The highest BCUT2D eigenvalue weighted by Crippen LogP contribution is 2.38. The van der Waals surface area contributed by atoms with Gasteiger partial charge in [-0.1, -0.05) is 0 Å². The van der Waals surface area contributed by atoms with Crippen LogP contribution in [0.5, 0.6) is 0 Å². The smallest absolute Gasteiger partial charge is 0.465 e. The third-order valence-corrected chi connectivity index (χ3v) is 5.08. The second kappa shape index (κ2) is 6.72. The zero-order chi connectivity index (χ0) is 17.3. The molecule has 0 aliphatic carbocycles. The van der Waals surface area contributed by atoms with E-state index in [1.165, 1.54) is 24.6 Å². The zero-order valence-corrected chi connectivity index (χ0v) is 15.2. The van der Waals surface area contributed by atoms with Crippen LogP contribution in [0.4, 0.5) is 0 Å². The highest BCUT2D eigenvalue weighted by molar-refractivity contribution is 7.14. The number of aromatic nitrogens is 1. The lowest BCUT2D eigenvalue weighted by Crippen LogP contribution is -2.41. The molecule has 8 heteroatoms. The van der Waals surface area contributed by atoms with Crippen molar-refractivity contribution in [3.8, 4) is 0 Å². The molecule has 0 radical (unpaired) electrons. The Morgan fingerprint density at radius 3 is 2.52 bits per heavy atom. The summed E-state index contributed by atoms with van der Waals surface area (Å²) in [6.45, 7) is 8.67. The Morgan fingerprint density at radius 2 is 2.00 bits per heavy atom. The standard InChI is InChI=1S/C15H23BN2O4S/c1-14(2)15(3,4)22-16(21-14)10(8-17-5)7-12-18-9-11(23-12)13(19)20-6/h7,9,17H,8H2,1-6H3. The summed E-state index contributed by atoms with van der Waals surface area (Å²) < 4.78 is 16.9. The normalized spacial score (nSPS) is 19.9. The fourth-order valence-electron chi connectivity index (χ4n) is 2.11. The van der Waals surface area contributed by atoms with Crippen molar-refractivity contribution in [3.05, 3.63) is 21.6 Å². The van der Waals surface area contributed by atoms with Crippen molar-refractivity contribution < 1.29 is 18.8 Å². The number of methoxy groups -OCH3 is 1. The van der Waals surface area contributed by atoms with E-state index >= 15 is 0 Å². The first-order chi connectivity index (χ1) is 10.7. The van der Waals surface area contributed by atoms with Crippen molar-refractivity contribution in [2.24, 2.45) is 0 Å². The number of nitrogens with one attached hydrogen (secondary N) is 1. The molecule has 1 aromatic heterocycles. The molecule has 126 valence electrons. The second-order valence-corrected chi connectivity index (χ2v) is 7.45. The fourth-order valence-corrected chi connectivity index (χ4v) is 2.92. The molecule has 1 fully saturated rings. The Kier molecular flexibility index (Phi) is 5.30. The largest absolute Gasteiger partial charge is 0.491 e. The minimum absolute atomic E-state index is 0.382. The maximum atomic E-state index is 11.5. The van der Waals surface area contributed by atoms with E-state index in [-0.39, 0.29) is 5.97 Å². The maximum absolute atomic E-state index is 11.5. The summed E-state index contributed by atoms with van der Waals surface area (Å²) >= 11 is 1.28. The lowest BCUT2D eigenvalue weighted by molar-refractivity contribution is 0.00578. The first kappa shape index (κ1) is 18.1. The van der Waals surface area contributed by atoms with Gasteiger partial charge < -0.3 is 19.4 Å². The zero-order valence-electron chi connectivity index (χ0n) is 14.4. The van der Waals surface area contributed by atoms with E-state index in [1.807, 2.05) is 40.8 Å². The van der Waals surface area contributed by atoms with Gasteiger partial charge >= 0.3 is 13.1 Å². The van der Waals surface area contributed by atoms with Crippen LogP contribution < -0.4 is 5.32 Å². The molecule has 0 spiro atoms. The van der Waals surface area contributed by atoms with Gasteiger partial charge in [-0.05, 0) is 46.3 Å². The first-order valence-electron chi connectivity index (χ1n) is 7.45. The summed E-state index contributed by atoms with van der Waals surface area (Å²) in [4.78, 5) is 16.3. The van der Waals surface area contributed by atoms with Crippen LogP contribution in [0.15, 0.2) is 11.7 Å². The predicted octanol–water partition coefficient (Wildman–Crippen LogP) is 2.16. The van der Waals surface area contributed by atoms with Crippen LogP contribution in [-0.2, 0) is 14.0 Å². The molecule has 0 bridgehead atoms. The van der Waals surface area contributed by atoms with Gasteiger partial charge in [0.2, 0.25) is 0 Å². The molecule has 2 heterocycles. The molecule has 23 heavy (non-hydrogen) atoms. The molecule has 6 nitrogen and oxygen atoms in total. The molecule has 2 rings (SSSR count). The SMILES string of the molecule is CNCC(=Cc1ncc(C(=O)OC)s1)B1OC(C)(C)C(C)(C)O1. The molecule has 0 atom stereocenters. The van der Waals surface area contributed by atoms with Crippen LogP contribution in [0, 0.1) is 0 Å². The summed E-state index contributed by atoms with van der Waals surface area (Å²) in [5, 5.41) is 3.83. The number of ether oxygens (including phenoxy) is 1. The number of nitrogens with zero attached hydrogens (tertiary/aromatic N) is 1. The van der Waals surface area contributed by atoms with Crippen LogP contribution in [-0.4, -0.2) is 50.0 Å². The molecular formula is C15H23BN2O4S. The minimum Gasteiger partial charge on any atom is -0.465 e. The third-order valence-electron chi connectivity index (χ3n) is 4.16. The van der Waals surface area contributed by atoms with Gasteiger partial charge in [0.15, 0.2) is 0 Å². The minimum atomic E-state index is -0.446. The Balaban J connectivity index is 2.25. The highest BCUT2D eigenvalue weighted by atomic mass is 32.1. The van der Waals surface area contributed by atoms with Crippen molar-refractivity contribution in [2.45, 2.75) is 38.9 Å². The number of carbonyl (C=O) groups is 1. The number of rotatable bonds is 5. The summed E-state index contributed by atoms with van der Waals surface area (Å²) in [5.41, 5.74) is 0.131. The molecule has 1 aliphatic heterocycles. The van der Waals surface area contributed by atoms with Crippen LogP contribution in [0.1, 0.15) is 42.4 Å². The molecule has 1 aliphatic rings. The van der Waals surface area contributed by atoms with Crippen molar-refractivity contribution in [2.75, 3.05) is 20.7 Å². The average molecular weight is 338 g/mol. The Labute approximate surface area is 141 Å². The van der Waals surface area contributed by atoms with Gasteiger partial charge in [0.05, 0.1) is 24.5 Å². The van der Waals surface area contributed by atoms with Crippen LogP contribution in [0.2, 0.25) is 0 Å². The van der Waals surface area contributed by atoms with E-state index in [9.17, 15) is 4.79 Å². The highest BCUT2D eigenvalue weighted by Gasteiger charge is 2.52. The molecule has 0 saturated carbocycles. The predicted molar refractivity (Wildman–Crippen MR) is 91.4 cm³/mol. The molecule has 0 aromatic carbocycles. The Morgan fingerprint density at radius 1 is 1.39 bits per heavy atom. The summed E-state index contributed by atoms with van der Waals surface area (Å²) in [6, 6.07) is 0. The number of hydrogen-bond donors (Lipinski definition) is 1. The Bertz CT molecular complexity index is 596. The van der Waals surface area contributed by atoms with Gasteiger partial charge in [0.25, 0.3) is 0 Å². The van der Waals surface area contributed by atoms with Crippen LogP contribution in [0.25, 0.3) is 6.08 Å². The average Bonchev–Trinajstić information content (AvgIpc) is 3.00. The maximum Gasteiger partial charge on any atom is 0.491 e. The van der Waals surface area contributed by atoms with Gasteiger partial charge in [-0.25, -0.2) is 9.78 Å². The monoisotopic (exact) mass is 338 g/mol. The lowest BCUT2D eigenvalue weighted by Gasteiger charge is -2.32. The summed E-state index contributed by atoms with van der Waals surface area (Å²) in [7, 11) is 2.77. The number of likely N-dealkylation sites (N-methyl/N-ethyl adjacent to an activating group) is 1. The van der Waals surface area contributed by atoms with Crippen molar-refractivity contribution >= 4 is 30.5 Å². The fraction of sp³-hybridized carbons (Fsp3) is 0.600. The van der Waals surface area contributed by atoms with E-state index in [0.717, 1.165) is 5.47 Å². The molecule has 1 N–H and O–H groups in total. The van der Waals surface area contributed by atoms with Crippen LogP contribution in [0.3, 0.4) is 0 Å². The van der Waals surface area contributed by atoms with Gasteiger partial charge in [-0.3, -0.25) is 0 Å². The Hall–Kier alpha value is -1.22. The van der Waals surface area contributed by atoms with Gasteiger partial charge in [-0.2, -0.15) is 0 Å². The molecule has 0 unspecified atom stereocenters. The van der Waals surface area contributed by atoms with Gasteiger partial charge in [0, 0.05) is 6.54 Å². The van der Waals surface area contributed by atoms with Crippen LogP contribution >= 0.6 is 11.3 Å². The summed E-state index contributed by atoms with van der Waals surface area (Å²) in [6.07, 6.45) is 3.42. The number of hydrogen-bond acceptors (Lipinski definition) is 7. The molecule has 1 saturated heterocycles. The lowest BCUT2D eigenvalue weighted by atomic mass is 9.78. The molecule has 0 amide bonds. The van der Waals surface area contributed by atoms with Crippen molar-refractivity contribution in [1.82, 2.24) is 10.3 Å². The van der Waals surface area contributed by atoms with Crippen molar-refractivity contribution in [3.63, 3.8) is 0 Å². The van der Waals surface area contributed by atoms with E-state index in [4.69, 9.17) is 14.0 Å². The van der Waals surface area contributed by atoms with Crippen molar-refractivity contribution in [1.29, 1.82) is 0 Å². The van der Waals surface area contributed by atoms with Gasteiger partial charge in [0.1, 0.15) is 9.88 Å². The second-order valence-electron chi connectivity index (χ2n) is 6.39. The first-order valence-corrected chi connectivity index (χ1v) is 8.26. The number of carbonyl (C=O) groups excluding carboxylic acids is 1. The van der Waals surface area contributed by atoms with E-state index in [2.05, 4.69) is 10.3 Å². The summed E-state index contributed by atoms with van der Waals surface area (Å²) in [5.74, 6) is -0.382. The van der Waals surface area contributed by atoms with E-state index in [1.54, 1.807) is 0 Å². The molecular weight excluding hydrogens is 315 g/mol. The quantitative estimate of drug-likeness (QED) is 0.655.